The Bertz CT molecular complexity index is 158. The van der Waals surface area contributed by atoms with E-state index in [9.17, 15) is 4.79 Å². The minimum absolute atomic E-state index is 0.133. The van der Waals surface area contributed by atoms with Crippen LogP contribution in [0.15, 0.2) is 0 Å². The van der Waals surface area contributed by atoms with Crippen molar-refractivity contribution in [1.29, 1.82) is 0 Å². The van der Waals surface area contributed by atoms with Crippen LogP contribution in [-0.4, -0.2) is 38.0 Å². The number of carbonyl (C=O) groups is 1. The van der Waals surface area contributed by atoms with Crippen LogP contribution in [0.3, 0.4) is 0 Å². The quantitative estimate of drug-likeness (QED) is 0.596. The van der Waals surface area contributed by atoms with Crippen molar-refractivity contribution in [2.45, 2.75) is 45.4 Å². The number of likely N-dealkylation sites (N-methyl/N-ethyl adjacent to an activating group) is 1. The molecular weight excluding hydrogens is 188 g/mol. The van der Waals surface area contributed by atoms with E-state index >= 15 is 0 Å². The van der Waals surface area contributed by atoms with Crippen molar-refractivity contribution in [1.82, 2.24) is 10.2 Å². The molecule has 1 amide bonds. The maximum atomic E-state index is 11.2. The fourth-order valence-corrected chi connectivity index (χ4v) is 1.48. The summed E-state index contributed by atoms with van der Waals surface area (Å²) in [6, 6.07) is 0. The first kappa shape index (κ1) is 14.4. The molecule has 0 fully saturated rings. The Labute approximate surface area is 94.2 Å². The molecule has 0 saturated carbocycles. The summed E-state index contributed by atoms with van der Waals surface area (Å²) < 4.78 is 0. The van der Waals surface area contributed by atoms with E-state index in [1.807, 2.05) is 19.0 Å². The summed E-state index contributed by atoms with van der Waals surface area (Å²) in [5.74, 6) is 0.133. The topological polar surface area (TPSA) is 32.3 Å². The molecule has 0 spiro atoms. The maximum Gasteiger partial charge on any atom is 0.234 e. The van der Waals surface area contributed by atoms with Crippen LogP contribution in [0.5, 0.6) is 0 Å². The number of hydrogen-bond donors (Lipinski definition) is 1. The SMILES string of the molecule is CCCCCCCCNC(=O)CN(C)C. The third-order valence-electron chi connectivity index (χ3n) is 2.31. The lowest BCUT2D eigenvalue weighted by molar-refractivity contribution is -0.121. The number of rotatable bonds is 9. The zero-order chi connectivity index (χ0) is 11.5. The van der Waals surface area contributed by atoms with E-state index in [1.54, 1.807) is 0 Å². The van der Waals surface area contributed by atoms with Gasteiger partial charge in [-0.2, -0.15) is 0 Å². The lowest BCUT2D eigenvalue weighted by atomic mass is 10.1. The predicted octanol–water partition coefficient (Wildman–Crippen LogP) is 2.02. The molecule has 0 bridgehead atoms. The Morgan fingerprint density at radius 2 is 1.67 bits per heavy atom. The molecule has 3 nitrogen and oxygen atoms in total. The summed E-state index contributed by atoms with van der Waals surface area (Å²) >= 11 is 0. The molecule has 0 unspecified atom stereocenters. The van der Waals surface area contributed by atoms with Gasteiger partial charge in [0.1, 0.15) is 0 Å². The molecule has 0 aliphatic carbocycles. The summed E-state index contributed by atoms with van der Waals surface area (Å²) in [6.45, 7) is 3.55. The second-order valence-electron chi connectivity index (χ2n) is 4.36. The molecule has 0 rings (SSSR count). The Morgan fingerprint density at radius 1 is 1.07 bits per heavy atom. The molecule has 0 atom stereocenters. The van der Waals surface area contributed by atoms with Gasteiger partial charge in [-0.3, -0.25) is 4.79 Å². The van der Waals surface area contributed by atoms with Crippen LogP contribution in [0.1, 0.15) is 45.4 Å². The highest BCUT2D eigenvalue weighted by Crippen LogP contribution is 2.03. The van der Waals surface area contributed by atoms with Gasteiger partial charge in [-0.25, -0.2) is 0 Å². The van der Waals surface area contributed by atoms with Crippen LogP contribution in [-0.2, 0) is 4.79 Å². The standard InChI is InChI=1S/C12H26N2O/c1-4-5-6-7-8-9-10-13-12(15)11-14(2)3/h4-11H2,1-3H3,(H,13,15). The minimum Gasteiger partial charge on any atom is -0.355 e. The van der Waals surface area contributed by atoms with Crippen molar-refractivity contribution < 1.29 is 4.79 Å². The molecule has 0 aliphatic rings. The number of nitrogens with zero attached hydrogens (tertiary/aromatic N) is 1. The van der Waals surface area contributed by atoms with Gasteiger partial charge in [0.2, 0.25) is 5.91 Å². The average Bonchev–Trinajstić information content (AvgIpc) is 2.15. The number of amides is 1. The second kappa shape index (κ2) is 9.97. The molecule has 0 aromatic heterocycles. The van der Waals surface area contributed by atoms with Gasteiger partial charge in [-0.1, -0.05) is 39.0 Å². The van der Waals surface area contributed by atoms with Crippen LogP contribution < -0.4 is 5.32 Å². The zero-order valence-corrected chi connectivity index (χ0v) is 10.5. The average molecular weight is 214 g/mol. The molecule has 1 N–H and O–H groups in total. The molecule has 0 saturated heterocycles. The predicted molar refractivity (Wildman–Crippen MR) is 64.9 cm³/mol. The number of carbonyl (C=O) groups excluding carboxylic acids is 1. The van der Waals surface area contributed by atoms with Crippen LogP contribution >= 0.6 is 0 Å². The van der Waals surface area contributed by atoms with E-state index in [0.29, 0.717) is 6.54 Å². The van der Waals surface area contributed by atoms with Gasteiger partial charge in [0, 0.05) is 6.54 Å². The maximum absolute atomic E-state index is 11.2. The first-order valence-corrected chi connectivity index (χ1v) is 6.08. The Hall–Kier alpha value is -0.570. The second-order valence-corrected chi connectivity index (χ2v) is 4.36. The van der Waals surface area contributed by atoms with Gasteiger partial charge in [-0.15, -0.1) is 0 Å². The highest BCUT2D eigenvalue weighted by atomic mass is 16.1. The third-order valence-corrected chi connectivity index (χ3v) is 2.31. The summed E-state index contributed by atoms with van der Waals surface area (Å²) in [5.41, 5.74) is 0. The van der Waals surface area contributed by atoms with Gasteiger partial charge in [-0.05, 0) is 20.5 Å². The van der Waals surface area contributed by atoms with E-state index in [0.717, 1.165) is 13.0 Å². The van der Waals surface area contributed by atoms with Crippen LogP contribution in [0.25, 0.3) is 0 Å². The van der Waals surface area contributed by atoms with Crippen molar-refractivity contribution in [3.63, 3.8) is 0 Å². The van der Waals surface area contributed by atoms with E-state index in [2.05, 4.69) is 12.2 Å². The van der Waals surface area contributed by atoms with Crippen LogP contribution in [0, 0.1) is 0 Å². The molecule has 0 aromatic rings. The Kier molecular flexibility index (Phi) is 9.59. The highest BCUT2D eigenvalue weighted by Gasteiger charge is 2.00. The fraction of sp³-hybridized carbons (Fsp3) is 0.917. The van der Waals surface area contributed by atoms with Crippen molar-refractivity contribution >= 4 is 5.91 Å². The lowest BCUT2D eigenvalue weighted by Crippen LogP contribution is -2.33. The van der Waals surface area contributed by atoms with Gasteiger partial charge in [0.15, 0.2) is 0 Å². The highest BCUT2D eigenvalue weighted by molar-refractivity contribution is 5.77. The summed E-state index contributed by atoms with van der Waals surface area (Å²) in [6.07, 6.45) is 7.62. The van der Waals surface area contributed by atoms with E-state index < -0.39 is 0 Å². The van der Waals surface area contributed by atoms with Crippen molar-refractivity contribution in [2.75, 3.05) is 27.2 Å². The number of hydrogen-bond acceptors (Lipinski definition) is 2. The van der Waals surface area contributed by atoms with Crippen molar-refractivity contribution in [3.8, 4) is 0 Å². The largest absolute Gasteiger partial charge is 0.355 e. The molecular formula is C12H26N2O. The van der Waals surface area contributed by atoms with Crippen molar-refractivity contribution in [3.05, 3.63) is 0 Å². The van der Waals surface area contributed by atoms with Crippen LogP contribution in [0.2, 0.25) is 0 Å². The summed E-state index contributed by atoms with van der Waals surface area (Å²) in [7, 11) is 3.81. The molecule has 0 aliphatic heterocycles. The molecule has 3 heteroatoms. The van der Waals surface area contributed by atoms with Gasteiger partial charge >= 0.3 is 0 Å². The monoisotopic (exact) mass is 214 g/mol. The van der Waals surface area contributed by atoms with E-state index in [-0.39, 0.29) is 5.91 Å². The summed E-state index contributed by atoms with van der Waals surface area (Å²) in [4.78, 5) is 13.1. The first-order valence-electron chi connectivity index (χ1n) is 6.08. The van der Waals surface area contributed by atoms with E-state index in [1.165, 1.54) is 32.1 Å². The molecule has 0 radical (unpaired) electrons. The van der Waals surface area contributed by atoms with E-state index in [4.69, 9.17) is 0 Å². The van der Waals surface area contributed by atoms with Crippen LogP contribution in [0.4, 0.5) is 0 Å². The normalized spacial score (nSPS) is 10.7. The number of unbranched alkanes of at least 4 members (excludes halogenated alkanes) is 5. The smallest absolute Gasteiger partial charge is 0.234 e. The molecule has 0 aromatic carbocycles. The first-order chi connectivity index (χ1) is 7.16. The Balaban J connectivity index is 3.13. The lowest BCUT2D eigenvalue weighted by Gasteiger charge is -2.09. The zero-order valence-electron chi connectivity index (χ0n) is 10.5. The molecule has 90 valence electrons. The van der Waals surface area contributed by atoms with Gasteiger partial charge < -0.3 is 10.2 Å². The summed E-state index contributed by atoms with van der Waals surface area (Å²) in [5, 5.41) is 2.92. The minimum atomic E-state index is 0.133. The third kappa shape index (κ3) is 11.4. The molecule has 15 heavy (non-hydrogen) atoms. The van der Waals surface area contributed by atoms with Gasteiger partial charge in [0.05, 0.1) is 6.54 Å². The number of nitrogens with one attached hydrogen (secondary N) is 1. The fourth-order valence-electron chi connectivity index (χ4n) is 1.48. The molecule has 0 heterocycles. The van der Waals surface area contributed by atoms with Gasteiger partial charge in [0.25, 0.3) is 0 Å². The van der Waals surface area contributed by atoms with Crippen molar-refractivity contribution in [2.24, 2.45) is 0 Å². The Morgan fingerprint density at radius 3 is 2.27 bits per heavy atom.